The van der Waals surface area contributed by atoms with Crippen molar-refractivity contribution < 1.29 is 0 Å². The predicted molar refractivity (Wildman–Crippen MR) is 88.1 cm³/mol. The molecule has 114 valence electrons. The highest BCUT2D eigenvalue weighted by Crippen LogP contribution is 2.24. The summed E-state index contributed by atoms with van der Waals surface area (Å²) in [7, 11) is 0. The van der Waals surface area contributed by atoms with E-state index in [0.717, 1.165) is 24.7 Å². The maximum Gasteiger partial charge on any atom is 0.122 e. The average molecular weight is 286 g/mol. The molecule has 0 aromatic heterocycles. The third-order valence-corrected chi connectivity index (χ3v) is 4.91. The van der Waals surface area contributed by atoms with E-state index in [2.05, 4.69) is 21.9 Å². The van der Waals surface area contributed by atoms with Gasteiger partial charge in [-0.05, 0) is 63.0 Å². The van der Waals surface area contributed by atoms with Crippen molar-refractivity contribution in [3.05, 3.63) is 29.8 Å². The molecule has 3 rings (SSSR count). The molecule has 2 aliphatic heterocycles. The molecule has 4 nitrogen and oxygen atoms in total. The summed E-state index contributed by atoms with van der Waals surface area (Å²) >= 11 is 0. The van der Waals surface area contributed by atoms with Gasteiger partial charge in [0.2, 0.25) is 0 Å². The first-order chi connectivity index (χ1) is 10.2. The van der Waals surface area contributed by atoms with Crippen molar-refractivity contribution in [1.82, 2.24) is 4.90 Å². The average Bonchev–Trinajstić information content (AvgIpc) is 2.56. The van der Waals surface area contributed by atoms with Crippen molar-refractivity contribution in [2.45, 2.75) is 38.1 Å². The minimum Gasteiger partial charge on any atom is -0.384 e. The van der Waals surface area contributed by atoms with Gasteiger partial charge in [-0.25, -0.2) is 0 Å². The van der Waals surface area contributed by atoms with Crippen LogP contribution in [0.15, 0.2) is 24.3 Å². The van der Waals surface area contributed by atoms with Gasteiger partial charge < -0.3 is 15.5 Å². The van der Waals surface area contributed by atoms with Crippen LogP contribution in [0.1, 0.15) is 37.7 Å². The van der Waals surface area contributed by atoms with Crippen LogP contribution in [0.4, 0.5) is 5.69 Å². The third kappa shape index (κ3) is 3.38. The van der Waals surface area contributed by atoms with Gasteiger partial charge in [0.15, 0.2) is 0 Å². The lowest BCUT2D eigenvalue weighted by Gasteiger charge is -2.41. The Morgan fingerprint density at radius 2 is 1.57 bits per heavy atom. The van der Waals surface area contributed by atoms with Gasteiger partial charge in [-0.15, -0.1) is 0 Å². The van der Waals surface area contributed by atoms with Crippen LogP contribution in [0.25, 0.3) is 0 Å². The third-order valence-electron chi connectivity index (χ3n) is 4.91. The number of anilines is 1. The van der Waals surface area contributed by atoms with Gasteiger partial charge in [-0.2, -0.15) is 0 Å². The number of hydrogen-bond acceptors (Lipinski definition) is 3. The SMILES string of the molecule is N=C(N)c1ccc(N2CCC(N3CCCCC3)CC2)cc1. The molecule has 0 atom stereocenters. The van der Waals surface area contributed by atoms with Crippen LogP contribution in [0.5, 0.6) is 0 Å². The molecule has 0 radical (unpaired) electrons. The summed E-state index contributed by atoms with van der Waals surface area (Å²) in [6, 6.07) is 8.89. The van der Waals surface area contributed by atoms with Crippen LogP contribution >= 0.6 is 0 Å². The zero-order chi connectivity index (χ0) is 14.7. The zero-order valence-corrected chi connectivity index (χ0v) is 12.7. The Balaban J connectivity index is 1.56. The lowest BCUT2D eigenvalue weighted by atomic mass is 9.99. The first-order valence-electron chi connectivity index (χ1n) is 8.17. The van der Waals surface area contributed by atoms with Gasteiger partial charge in [0.1, 0.15) is 5.84 Å². The topological polar surface area (TPSA) is 56.4 Å². The number of amidine groups is 1. The van der Waals surface area contributed by atoms with Crippen LogP contribution in [-0.4, -0.2) is 43.0 Å². The Bertz CT molecular complexity index is 468. The molecule has 0 bridgehead atoms. The van der Waals surface area contributed by atoms with E-state index in [-0.39, 0.29) is 5.84 Å². The fraction of sp³-hybridized carbons (Fsp3) is 0.588. The minimum absolute atomic E-state index is 0.144. The van der Waals surface area contributed by atoms with E-state index in [9.17, 15) is 0 Å². The lowest BCUT2D eigenvalue weighted by Crippen LogP contribution is -2.46. The summed E-state index contributed by atoms with van der Waals surface area (Å²) in [4.78, 5) is 5.17. The van der Waals surface area contributed by atoms with E-state index in [1.54, 1.807) is 0 Å². The highest BCUT2D eigenvalue weighted by Gasteiger charge is 2.25. The van der Waals surface area contributed by atoms with Gasteiger partial charge in [0.05, 0.1) is 0 Å². The number of nitrogen functional groups attached to an aromatic ring is 1. The molecule has 0 unspecified atom stereocenters. The van der Waals surface area contributed by atoms with E-state index in [1.165, 1.54) is 50.9 Å². The molecule has 4 heteroatoms. The van der Waals surface area contributed by atoms with Gasteiger partial charge in [-0.3, -0.25) is 5.41 Å². The van der Waals surface area contributed by atoms with E-state index in [4.69, 9.17) is 11.1 Å². The van der Waals surface area contributed by atoms with Crippen LogP contribution in [0.2, 0.25) is 0 Å². The second-order valence-corrected chi connectivity index (χ2v) is 6.28. The summed E-state index contributed by atoms with van der Waals surface area (Å²) in [5.41, 5.74) is 7.58. The Morgan fingerprint density at radius 1 is 0.952 bits per heavy atom. The zero-order valence-electron chi connectivity index (χ0n) is 12.7. The Hall–Kier alpha value is -1.55. The molecular formula is C17H26N4. The molecule has 21 heavy (non-hydrogen) atoms. The summed E-state index contributed by atoms with van der Waals surface area (Å²) in [5, 5.41) is 7.45. The van der Waals surface area contributed by atoms with Crippen molar-refractivity contribution >= 4 is 11.5 Å². The maximum absolute atomic E-state index is 7.45. The summed E-state index contributed by atoms with van der Waals surface area (Å²) < 4.78 is 0. The van der Waals surface area contributed by atoms with Gasteiger partial charge in [-0.1, -0.05) is 6.42 Å². The highest BCUT2D eigenvalue weighted by atomic mass is 15.2. The number of nitrogens with two attached hydrogens (primary N) is 1. The van der Waals surface area contributed by atoms with E-state index in [0.29, 0.717) is 0 Å². The Kier molecular flexibility index (Phi) is 4.44. The Labute approximate surface area is 127 Å². The number of benzene rings is 1. The number of piperidine rings is 2. The number of nitrogens with zero attached hydrogens (tertiary/aromatic N) is 2. The molecule has 0 saturated carbocycles. The van der Waals surface area contributed by atoms with Gasteiger partial charge in [0, 0.05) is 30.4 Å². The largest absolute Gasteiger partial charge is 0.384 e. The molecule has 2 saturated heterocycles. The second kappa shape index (κ2) is 6.48. The van der Waals surface area contributed by atoms with Crippen molar-refractivity contribution in [2.24, 2.45) is 5.73 Å². The number of rotatable bonds is 3. The van der Waals surface area contributed by atoms with E-state index in [1.807, 2.05) is 12.1 Å². The summed E-state index contributed by atoms with van der Waals surface area (Å²) in [6.07, 6.45) is 6.72. The summed E-state index contributed by atoms with van der Waals surface area (Å²) in [5.74, 6) is 0.144. The lowest BCUT2D eigenvalue weighted by molar-refractivity contribution is 0.141. The number of hydrogen-bond donors (Lipinski definition) is 2. The first-order valence-corrected chi connectivity index (χ1v) is 8.17. The normalized spacial score (nSPS) is 21.4. The maximum atomic E-state index is 7.45. The van der Waals surface area contributed by atoms with E-state index >= 15 is 0 Å². The number of nitrogens with one attached hydrogen (secondary N) is 1. The van der Waals surface area contributed by atoms with Crippen molar-refractivity contribution in [1.29, 1.82) is 5.41 Å². The Morgan fingerprint density at radius 3 is 2.14 bits per heavy atom. The molecule has 0 amide bonds. The minimum atomic E-state index is 0.144. The van der Waals surface area contributed by atoms with Crippen LogP contribution < -0.4 is 10.6 Å². The quantitative estimate of drug-likeness (QED) is 0.663. The molecule has 1 aromatic rings. The van der Waals surface area contributed by atoms with Crippen LogP contribution in [0.3, 0.4) is 0 Å². The molecule has 1 aromatic carbocycles. The molecule has 2 fully saturated rings. The van der Waals surface area contributed by atoms with Crippen molar-refractivity contribution in [2.75, 3.05) is 31.1 Å². The number of likely N-dealkylation sites (tertiary alicyclic amines) is 1. The monoisotopic (exact) mass is 286 g/mol. The van der Waals surface area contributed by atoms with E-state index < -0.39 is 0 Å². The van der Waals surface area contributed by atoms with Crippen LogP contribution in [-0.2, 0) is 0 Å². The predicted octanol–water partition coefficient (Wildman–Crippen LogP) is 2.43. The van der Waals surface area contributed by atoms with Crippen molar-refractivity contribution in [3.63, 3.8) is 0 Å². The van der Waals surface area contributed by atoms with Crippen LogP contribution in [0, 0.1) is 5.41 Å². The van der Waals surface area contributed by atoms with Gasteiger partial charge >= 0.3 is 0 Å². The molecule has 2 aliphatic rings. The molecule has 0 spiro atoms. The molecular weight excluding hydrogens is 260 g/mol. The molecule has 0 aliphatic carbocycles. The van der Waals surface area contributed by atoms with Gasteiger partial charge in [0.25, 0.3) is 0 Å². The molecule has 2 heterocycles. The second-order valence-electron chi connectivity index (χ2n) is 6.28. The first kappa shape index (κ1) is 14.4. The summed E-state index contributed by atoms with van der Waals surface area (Å²) in [6.45, 7) is 4.89. The highest BCUT2D eigenvalue weighted by molar-refractivity contribution is 5.95. The smallest absolute Gasteiger partial charge is 0.122 e. The molecule has 3 N–H and O–H groups in total. The van der Waals surface area contributed by atoms with Crippen molar-refractivity contribution in [3.8, 4) is 0 Å². The standard InChI is InChI=1S/C17H26N4/c18-17(19)14-4-6-15(7-5-14)21-12-8-16(9-13-21)20-10-2-1-3-11-20/h4-7,16H,1-3,8-13H2,(H3,18,19). The fourth-order valence-electron chi connectivity index (χ4n) is 3.62. The fourth-order valence-corrected chi connectivity index (χ4v) is 3.62.